The van der Waals surface area contributed by atoms with Gasteiger partial charge in [0.25, 0.3) is 0 Å². The van der Waals surface area contributed by atoms with E-state index in [1.54, 1.807) is 19.3 Å². The molecule has 0 radical (unpaired) electrons. The summed E-state index contributed by atoms with van der Waals surface area (Å²) in [6.45, 7) is 1.58. The van der Waals surface area contributed by atoms with Crippen molar-refractivity contribution in [3.05, 3.63) is 63.8 Å². The Morgan fingerprint density at radius 1 is 1.24 bits per heavy atom. The first kappa shape index (κ1) is 15.4. The van der Waals surface area contributed by atoms with Crippen molar-refractivity contribution in [2.24, 2.45) is 7.05 Å². The second-order valence-electron chi connectivity index (χ2n) is 4.72. The number of sulfonamides is 1. The van der Waals surface area contributed by atoms with Crippen LogP contribution in [0.5, 0.6) is 0 Å². The summed E-state index contributed by atoms with van der Waals surface area (Å²) >= 11 is 0. The van der Waals surface area contributed by atoms with Crippen LogP contribution in [0.3, 0.4) is 0 Å². The average Bonchev–Trinajstić information content (AvgIpc) is 2.40. The minimum atomic E-state index is -3.73. The molecule has 112 valence electrons. The smallest absolute Gasteiger partial charge is 0.250 e. The zero-order chi connectivity index (χ0) is 15.6. The Hall–Kier alpha value is -1.99. The maximum atomic E-state index is 13.0. The van der Waals surface area contributed by atoms with Gasteiger partial charge in [-0.3, -0.25) is 4.79 Å². The van der Waals surface area contributed by atoms with Crippen LogP contribution in [-0.4, -0.2) is 13.0 Å². The Kier molecular flexibility index (Phi) is 4.24. The predicted molar refractivity (Wildman–Crippen MR) is 76.8 cm³/mol. The molecule has 0 saturated heterocycles. The van der Waals surface area contributed by atoms with E-state index in [0.29, 0.717) is 11.1 Å². The molecule has 1 aromatic carbocycles. The Bertz CT molecular complexity index is 828. The molecule has 2 aromatic rings. The summed E-state index contributed by atoms with van der Waals surface area (Å²) in [6, 6.07) is 6.43. The topological polar surface area (TPSA) is 68.2 Å². The molecule has 21 heavy (non-hydrogen) atoms. The molecule has 1 N–H and O–H groups in total. The van der Waals surface area contributed by atoms with Crippen LogP contribution < -0.4 is 10.3 Å². The third-order valence-corrected chi connectivity index (χ3v) is 4.60. The number of rotatable bonds is 4. The van der Waals surface area contributed by atoms with Gasteiger partial charge in [-0.05, 0) is 36.2 Å². The van der Waals surface area contributed by atoms with E-state index in [4.69, 9.17) is 0 Å². The summed E-state index contributed by atoms with van der Waals surface area (Å²) in [6.07, 6.45) is 1.56. The second-order valence-corrected chi connectivity index (χ2v) is 6.46. The molecule has 1 heterocycles. The molecule has 0 saturated carbocycles. The number of benzene rings is 1. The summed E-state index contributed by atoms with van der Waals surface area (Å²) in [5, 5.41) is 0. The summed E-state index contributed by atoms with van der Waals surface area (Å²) < 4.78 is 41.2. The maximum Gasteiger partial charge on any atom is 0.250 e. The van der Waals surface area contributed by atoms with Gasteiger partial charge in [-0.2, -0.15) is 0 Å². The van der Waals surface area contributed by atoms with Gasteiger partial charge in [0.2, 0.25) is 15.6 Å². The SMILES string of the molecule is Cc1cc(F)ccc1S(=O)(=O)NCc1ccc(=O)n(C)c1. The Morgan fingerprint density at radius 2 is 1.95 bits per heavy atom. The average molecular weight is 310 g/mol. The van der Waals surface area contributed by atoms with Crippen LogP contribution in [0, 0.1) is 12.7 Å². The van der Waals surface area contributed by atoms with Crippen molar-refractivity contribution < 1.29 is 12.8 Å². The van der Waals surface area contributed by atoms with Gasteiger partial charge in [0.1, 0.15) is 5.82 Å². The van der Waals surface area contributed by atoms with E-state index in [1.807, 2.05) is 0 Å². The molecule has 0 bridgehead atoms. The summed E-state index contributed by atoms with van der Waals surface area (Å²) in [5.41, 5.74) is 0.819. The van der Waals surface area contributed by atoms with Crippen molar-refractivity contribution in [2.45, 2.75) is 18.4 Å². The normalized spacial score (nSPS) is 11.6. The Balaban J connectivity index is 2.21. The van der Waals surface area contributed by atoms with Gasteiger partial charge in [-0.1, -0.05) is 6.07 Å². The highest BCUT2D eigenvalue weighted by Gasteiger charge is 2.16. The molecule has 7 heteroatoms. The van der Waals surface area contributed by atoms with Gasteiger partial charge >= 0.3 is 0 Å². The van der Waals surface area contributed by atoms with Gasteiger partial charge in [0.15, 0.2) is 0 Å². The van der Waals surface area contributed by atoms with E-state index in [9.17, 15) is 17.6 Å². The summed E-state index contributed by atoms with van der Waals surface area (Å²) in [5.74, 6) is -0.482. The second kappa shape index (κ2) is 5.79. The number of nitrogens with zero attached hydrogens (tertiary/aromatic N) is 1. The third kappa shape index (κ3) is 3.56. The number of aromatic nitrogens is 1. The first-order chi connectivity index (χ1) is 9.79. The molecular weight excluding hydrogens is 295 g/mol. The maximum absolute atomic E-state index is 13.0. The largest absolute Gasteiger partial charge is 0.318 e. The molecule has 2 rings (SSSR count). The van der Waals surface area contributed by atoms with Gasteiger partial charge in [0, 0.05) is 25.9 Å². The number of hydrogen-bond donors (Lipinski definition) is 1. The Labute approximate surface area is 122 Å². The van der Waals surface area contributed by atoms with Crippen LogP contribution in [0.1, 0.15) is 11.1 Å². The molecule has 0 unspecified atom stereocenters. The van der Waals surface area contributed by atoms with Crippen LogP contribution in [-0.2, 0) is 23.6 Å². The van der Waals surface area contributed by atoms with E-state index in [0.717, 1.165) is 6.07 Å². The summed E-state index contributed by atoms with van der Waals surface area (Å²) in [4.78, 5) is 11.3. The highest BCUT2D eigenvalue weighted by Crippen LogP contribution is 2.16. The lowest BCUT2D eigenvalue weighted by Gasteiger charge is -2.10. The van der Waals surface area contributed by atoms with Gasteiger partial charge < -0.3 is 4.57 Å². The minimum Gasteiger partial charge on any atom is -0.318 e. The standard InChI is InChI=1S/C14H15FN2O3S/c1-10-7-12(15)4-5-13(10)21(19,20)16-8-11-3-6-14(18)17(2)9-11/h3-7,9,16H,8H2,1-2H3. The lowest BCUT2D eigenvalue weighted by molar-refractivity contribution is 0.579. The van der Waals surface area contributed by atoms with Gasteiger partial charge in [-0.15, -0.1) is 0 Å². The zero-order valence-electron chi connectivity index (χ0n) is 11.6. The zero-order valence-corrected chi connectivity index (χ0v) is 12.4. The van der Waals surface area contributed by atoms with Crippen molar-refractivity contribution in [2.75, 3.05) is 0 Å². The fraction of sp³-hybridized carbons (Fsp3) is 0.214. The van der Waals surface area contributed by atoms with Crippen LogP contribution >= 0.6 is 0 Å². The van der Waals surface area contributed by atoms with E-state index < -0.39 is 15.8 Å². The predicted octanol–water partition coefficient (Wildman–Crippen LogP) is 1.31. The lowest BCUT2D eigenvalue weighted by atomic mass is 10.2. The van der Waals surface area contributed by atoms with E-state index >= 15 is 0 Å². The number of pyridine rings is 1. The molecule has 0 spiro atoms. The number of hydrogen-bond acceptors (Lipinski definition) is 3. The minimum absolute atomic E-state index is 0.0359. The quantitative estimate of drug-likeness (QED) is 0.926. The van der Waals surface area contributed by atoms with Crippen LogP contribution in [0.25, 0.3) is 0 Å². The van der Waals surface area contributed by atoms with Crippen molar-refractivity contribution in [3.63, 3.8) is 0 Å². The summed E-state index contributed by atoms with van der Waals surface area (Å²) in [7, 11) is -2.15. The van der Waals surface area contributed by atoms with Crippen LogP contribution in [0.2, 0.25) is 0 Å². The van der Waals surface area contributed by atoms with Crippen molar-refractivity contribution in [1.29, 1.82) is 0 Å². The third-order valence-electron chi connectivity index (χ3n) is 3.04. The monoisotopic (exact) mass is 310 g/mol. The molecule has 0 amide bonds. The Morgan fingerprint density at radius 3 is 2.57 bits per heavy atom. The van der Waals surface area contributed by atoms with E-state index in [2.05, 4.69) is 4.72 Å². The van der Waals surface area contributed by atoms with Crippen molar-refractivity contribution in [3.8, 4) is 0 Å². The first-order valence-electron chi connectivity index (χ1n) is 6.21. The molecule has 1 aromatic heterocycles. The first-order valence-corrected chi connectivity index (χ1v) is 7.69. The van der Waals surface area contributed by atoms with E-state index in [-0.39, 0.29) is 17.0 Å². The van der Waals surface area contributed by atoms with E-state index in [1.165, 1.54) is 29.7 Å². The molecule has 0 atom stereocenters. The van der Waals surface area contributed by atoms with Gasteiger partial charge in [-0.25, -0.2) is 17.5 Å². The molecule has 5 nitrogen and oxygen atoms in total. The highest BCUT2D eigenvalue weighted by atomic mass is 32.2. The molecule has 0 aliphatic heterocycles. The van der Waals surface area contributed by atoms with Crippen molar-refractivity contribution >= 4 is 10.0 Å². The fourth-order valence-electron chi connectivity index (χ4n) is 1.93. The van der Waals surface area contributed by atoms with Crippen LogP contribution in [0.4, 0.5) is 4.39 Å². The van der Waals surface area contributed by atoms with Crippen molar-refractivity contribution in [1.82, 2.24) is 9.29 Å². The molecular formula is C14H15FN2O3S. The molecule has 0 aliphatic carbocycles. The number of halogens is 1. The number of nitrogens with one attached hydrogen (secondary N) is 1. The van der Waals surface area contributed by atoms with Crippen LogP contribution in [0.15, 0.2) is 46.2 Å². The highest BCUT2D eigenvalue weighted by molar-refractivity contribution is 7.89. The molecule has 0 aliphatic rings. The fourth-order valence-corrected chi connectivity index (χ4v) is 3.17. The lowest BCUT2D eigenvalue weighted by Crippen LogP contribution is -2.25. The molecule has 0 fully saturated rings. The van der Waals surface area contributed by atoms with Gasteiger partial charge in [0.05, 0.1) is 4.90 Å². The number of aryl methyl sites for hydroxylation is 2.